The topological polar surface area (TPSA) is 40.5 Å². The molecule has 3 nitrogen and oxygen atoms in total. The minimum absolute atomic E-state index is 0.519. The Balaban J connectivity index is 1.90. The van der Waals surface area contributed by atoms with Gasteiger partial charge >= 0.3 is 5.97 Å². The van der Waals surface area contributed by atoms with Gasteiger partial charge in [0.1, 0.15) is 0 Å². The van der Waals surface area contributed by atoms with E-state index in [-0.39, 0.29) is 0 Å². The van der Waals surface area contributed by atoms with E-state index >= 15 is 0 Å². The molecule has 1 saturated heterocycles. The number of aliphatic carboxylic acids is 1. The van der Waals surface area contributed by atoms with Crippen LogP contribution in [0.1, 0.15) is 31.7 Å². The van der Waals surface area contributed by atoms with E-state index in [9.17, 15) is 9.90 Å². The summed E-state index contributed by atoms with van der Waals surface area (Å²) in [5, 5.41) is 9.47. The van der Waals surface area contributed by atoms with Gasteiger partial charge in [0.2, 0.25) is 0 Å². The normalized spacial score (nSPS) is 23.4. The number of hydrogen-bond acceptors (Lipinski definition) is 2. The Labute approximate surface area is 120 Å². The van der Waals surface area contributed by atoms with Gasteiger partial charge in [-0.25, -0.2) is 0 Å². The fourth-order valence-corrected chi connectivity index (χ4v) is 2.98. The van der Waals surface area contributed by atoms with Crippen molar-refractivity contribution in [1.29, 1.82) is 0 Å². The maximum absolute atomic E-state index is 11.5. The molecule has 0 radical (unpaired) electrons. The zero-order chi connectivity index (χ0) is 14.4. The van der Waals surface area contributed by atoms with Crippen LogP contribution in [0, 0.1) is 5.41 Å². The Morgan fingerprint density at radius 2 is 2.15 bits per heavy atom. The molecule has 3 heteroatoms. The molecule has 1 aromatic carbocycles. The van der Waals surface area contributed by atoms with E-state index in [2.05, 4.69) is 36.1 Å². The summed E-state index contributed by atoms with van der Waals surface area (Å²) in [6, 6.07) is 10.2. The third-order valence-electron chi connectivity index (χ3n) is 4.09. The predicted molar refractivity (Wildman–Crippen MR) is 81.5 cm³/mol. The lowest BCUT2D eigenvalue weighted by Gasteiger charge is -2.23. The van der Waals surface area contributed by atoms with Gasteiger partial charge in [-0.1, -0.05) is 55.8 Å². The first-order valence-corrected chi connectivity index (χ1v) is 7.34. The molecule has 1 aliphatic heterocycles. The summed E-state index contributed by atoms with van der Waals surface area (Å²) in [6.45, 7) is 4.44. The van der Waals surface area contributed by atoms with Crippen molar-refractivity contribution in [2.24, 2.45) is 5.41 Å². The SMILES string of the molecule is CCCC1(C(=O)O)CCN(CC=Cc2ccccc2)C1. The minimum Gasteiger partial charge on any atom is -0.481 e. The van der Waals surface area contributed by atoms with Crippen LogP contribution in [0.15, 0.2) is 36.4 Å². The molecular weight excluding hydrogens is 250 g/mol. The van der Waals surface area contributed by atoms with Crippen LogP contribution in [-0.4, -0.2) is 35.6 Å². The Morgan fingerprint density at radius 1 is 1.40 bits per heavy atom. The average molecular weight is 273 g/mol. The van der Waals surface area contributed by atoms with Crippen LogP contribution in [0.25, 0.3) is 6.08 Å². The molecule has 1 unspecified atom stereocenters. The highest BCUT2D eigenvalue weighted by Crippen LogP contribution is 2.35. The summed E-state index contributed by atoms with van der Waals surface area (Å²) in [4.78, 5) is 13.7. The Kier molecular flexibility index (Phi) is 4.96. The van der Waals surface area contributed by atoms with Crippen molar-refractivity contribution in [3.8, 4) is 0 Å². The van der Waals surface area contributed by atoms with Crippen molar-refractivity contribution < 1.29 is 9.90 Å². The molecule has 1 aromatic rings. The van der Waals surface area contributed by atoms with E-state index in [0.717, 1.165) is 32.4 Å². The predicted octanol–water partition coefficient (Wildman–Crippen LogP) is 3.28. The number of nitrogens with zero attached hydrogens (tertiary/aromatic N) is 1. The Hall–Kier alpha value is -1.61. The molecule has 0 amide bonds. The molecule has 1 heterocycles. The van der Waals surface area contributed by atoms with Gasteiger partial charge in [0, 0.05) is 13.1 Å². The molecule has 1 aliphatic rings. The van der Waals surface area contributed by atoms with Gasteiger partial charge in [-0.2, -0.15) is 0 Å². The first kappa shape index (κ1) is 14.8. The van der Waals surface area contributed by atoms with Crippen molar-refractivity contribution in [2.45, 2.75) is 26.2 Å². The van der Waals surface area contributed by atoms with Crippen LogP contribution in [0.4, 0.5) is 0 Å². The molecule has 0 spiro atoms. The van der Waals surface area contributed by atoms with E-state index in [1.807, 2.05) is 18.2 Å². The van der Waals surface area contributed by atoms with Gasteiger partial charge in [0.25, 0.3) is 0 Å². The van der Waals surface area contributed by atoms with Crippen LogP contribution in [0.5, 0.6) is 0 Å². The lowest BCUT2D eigenvalue weighted by Crippen LogP contribution is -2.34. The van der Waals surface area contributed by atoms with E-state index in [0.29, 0.717) is 6.54 Å². The molecule has 0 saturated carbocycles. The van der Waals surface area contributed by atoms with Crippen LogP contribution in [-0.2, 0) is 4.79 Å². The maximum atomic E-state index is 11.5. The summed E-state index contributed by atoms with van der Waals surface area (Å²) in [7, 11) is 0. The van der Waals surface area contributed by atoms with Gasteiger partial charge in [0.15, 0.2) is 0 Å². The van der Waals surface area contributed by atoms with Gasteiger partial charge in [-0.3, -0.25) is 9.69 Å². The summed E-state index contributed by atoms with van der Waals surface area (Å²) < 4.78 is 0. The van der Waals surface area contributed by atoms with Gasteiger partial charge in [0.05, 0.1) is 5.41 Å². The fourth-order valence-electron chi connectivity index (χ4n) is 2.98. The zero-order valence-corrected chi connectivity index (χ0v) is 12.1. The second kappa shape index (κ2) is 6.71. The smallest absolute Gasteiger partial charge is 0.310 e. The van der Waals surface area contributed by atoms with Crippen LogP contribution >= 0.6 is 0 Å². The quantitative estimate of drug-likeness (QED) is 0.864. The standard InChI is InChI=1S/C17H23NO2/c1-2-10-17(16(19)20)11-13-18(14-17)12-6-9-15-7-4-3-5-8-15/h3-9H,2,10-14H2,1H3,(H,19,20). The van der Waals surface area contributed by atoms with E-state index in [4.69, 9.17) is 0 Å². The molecule has 0 aromatic heterocycles. The van der Waals surface area contributed by atoms with E-state index in [1.54, 1.807) is 0 Å². The van der Waals surface area contributed by atoms with Gasteiger partial charge in [-0.15, -0.1) is 0 Å². The second-order valence-corrected chi connectivity index (χ2v) is 5.63. The molecule has 0 bridgehead atoms. The van der Waals surface area contributed by atoms with E-state index < -0.39 is 11.4 Å². The fraction of sp³-hybridized carbons (Fsp3) is 0.471. The van der Waals surface area contributed by atoms with Crippen LogP contribution < -0.4 is 0 Å². The van der Waals surface area contributed by atoms with E-state index in [1.165, 1.54) is 5.56 Å². The number of likely N-dealkylation sites (tertiary alicyclic amines) is 1. The number of rotatable bonds is 6. The highest BCUT2D eigenvalue weighted by Gasteiger charge is 2.43. The second-order valence-electron chi connectivity index (χ2n) is 5.63. The maximum Gasteiger partial charge on any atom is 0.310 e. The average Bonchev–Trinajstić information content (AvgIpc) is 2.85. The molecule has 108 valence electrons. The van der Waals surface area contributed by atoms with Crippen molar-refractivity contribution in [3.63, 3.8) is 0 Å². The highest BCUT2D eigenvalue weighted by molar-refractivity contribution is 5.75. The van der Waals surface area contributed by atoms with Crippen molar-refractivity contribution in [2.75, 3.05) is 19.6 Å². The third-order valence-corrected chi connectivity index (χ3v) is 4.09. The number of carbonyl (C=O) groups is 1. The van der Waals surface area contributed by atoms with Crippen LogP contribution in [0.2, 0.25) is 0 Å². The summed E-state index contributed by atoms with van der Waals surface area (Å²) in [5.74, 6) is -0.631. The lowest BCUT2D eigenvalue weighted by atomic mass is 9.83. The van der Waals surface area contributed by atoms with Crippen molar-refractivity contribution >= 4 is 12.0 Å². The minimum atomic E-state index is -0.631. The summed E-state index contributed by atoms with van der Waals surface area (Å²) in [5.41, 5.74) is 0.666. The van der Waals surface area contributed by atoms with Gasteiger partial charge in [-0.05, 0) is 24.9 Å². The van der Waals surface area contributed by atoms with Crippen LogP contribution in [0.3, 0.4) is 0 Å². The highest BCUT2D eigenvalue weighted by atomic mass is 16.4. The number of benzene rings is 1. The zero-order valence-electron chi connectivity index (χ0n) is 12.1. The molecule has 1 atom stereocenters. The monoisotopic (exact) mass is 273 g/mol. The van der Waals surface area contributed by atoms with Gasteiger partial charge < -0.3 is 5.11 Å². The molecule has 2 rings (SSSR count). The summed E-state index contributed by atoms with van der Waals surface area (Å²) >= 11 is 0. The summed E-state index contributed by atoms with van der Waals surface area (Å²) in [6.07, 6.45) is 6.70. The molecule has 20 heavy (non-hydrogen) atoms. The Morgan fingerprint density at radius 3 is 2.80 bits per heavy atom. The van der Waals surface area contributed by atoms with Crippen molar-refractivity contribution in [1.82, 2.24) is 4.90 Å². The molecule has 1 fully saturated rings. The number of hydrogen-bond donors (Lipinski definition) is 1. The first-order chi connectivity index (χ1) is 9.66. The first-order valence-electron chi connectivity index (χ1n) is 7.34. The number of carboxylic acid groups (broad SMARTS) is 1. The molecular formula is C17H23NO2. The third kappa shape index (κ3) is 3.48. The molecule has 0 aliphatic carbocycles. The largest absolute Gasteiger partial charge is 0.481 e. The lowest BCUT2D eigenvalue weighted by molar-refractivity contribution is -0.148. The number of carboxylic acids is 1. The van der Waals surface area contributed by atoms with Crippen molar-refractivity contribution in [3.05, 3.63) is 42.0 Å². The molecule has 1 N–H and O–H groups in total. The Bertz CT molecular complexity index is 469.